The minimum atomic E-state index is -0.671. The molecule has 0 aliphatic carbocycles. The number of rotatable bonds is 10. The van der Waals surface area contributed by atoms with E-state index >= 15 is 0 Å². The summed E-state index contributed by atoms with van der Waals surface area (Å²) in [5.74, 6) is -0.362. The number of halogens is 1. The molecule has 0 fully saturated rings. The Morgan fingerprint density at radius 1 is 1.14 bits per heavy atom. The van der Waals surface area contributed by atoms with Gasteiger partial charge in [0.25, 0.3) is 5.91 Å². The van der Waals surface area contributed by atoms with Crippen molar-refractivity contribution in [3.8, 4) is 11.5 Å². The van der Waals surface area contributed by atoms with Crippen LogP contribution in [0.25, 0.3) is 0 Å². The summed E-state index contributed by atoms with van der Waals surface area (Å²) in [6.07, 6.45) is 1.69. The van der Waals surface area contributed by atoms with Crippen LogP contribution < -0.4 is 14.8 Å². The molecule has 0 aliphatic rings. The van der Waals surface area contributed by atoms with Crippen molar-refractivity contribution in [2.24, 2.45) is 0 Å². The van der Waals surface area contributed by atoms with Gasteiger partial charge in [0.1, 0.15) is 0 Å². The van der Waals surface area contributed by atoms with Gasteiger partial charge in [0.2, 0.25) is 0 Å². The number of carbonyl (C=O) groups excluding carboxylic acids is 2. The quantitative estimate of drug-likeness (QED) is 0.571. The second kappa shape index (κ2) is 11.3. The lowest BCUT2D eigenvalue weighted by Crippen LogP contribution is -2.32. The molecular weight excluding hydrogens is 394 g/mol. The van der Waals surface area contributed by atoms with Crippen molar-refractivity contribution in [1.29, 1.82) is 0 Å². The fourth-order valence-corrected chi connectivity index (χ4v) is 3.13. The maximum absolute atomic E-state index is 12.4. The molecule has 0 spiro atoms. The zero-order chi connectivity index (χ0) is 21.2. The SMILES string of the molecule is CCC[C@@H](NC(=O)COC(=O)c1cc(Cl)c(OCC)c(OC)c1)c1ccccc1. The van der Waals surface area contributed by atoms with Crippen molar-refractivity contribution in [1.82, 2.24) is 5.32 Å². The van der Waals surface area contributed by atoms with E-state index in [-0.39, 0.29) is 29.1 Å². The summed E-state index contributed by atoms with van der Waals surface area (Å²) in [6, 6.07) is 12.5. The third-order valence-electron chi connectivity index (χ3n) is 4.20. The Labute approximate surface area is 176 Å². The standard InChI is InChI=1S/C22H26ClNO5/c1-4-9-18(15-10-7-6-8-11-15)24-20(25)14-29-22(26)16-12-17(23)21(28-5-2)19(13-16)27-3/h6-8,10-13,18H,4-5,9,14H2,1-3H3,(H,24,25)/t18-/m1/s1. The average Bonchev–Trinajstić information content (AvgIpc) is 2.73. The molecule has 1 N–H and O–H groups in total. The lowest BCUT2D eigenvalue weighted by atomic mass is 10.0. The Hall–Kier alpha value is -2.73. The van der Waals surface area contributed by atoms with Gasteiger partial charge in [-0.1, -0.05) is 55.3 Å². The number of esters is 1. The predicted molar refractivity (Wildman–Crippen MR) is 112 cm³/mol. The highest BCUT2D eigenvalue weighted by Gasteiger charge is 2.19. The molecule has 2 aromatic carbocycles. The van der Waals surface area contributed by atoms with E-state index in [9.17, 15) is 9.59 Å². The Kier molecular flexibility index (Phi) is 8.80. The van der Waals surface area contributed by atoms with Gasteiger partial charge in [-0.25, -0.2) is 4.79 Å². The first-order chi connectivity index (χ1) is 14.0. The van der Waals surface area contributed by atoms with E-state index in [0.717, 1.165) is 18.4 Å². The molecule has 1 atom stereocenters. The van der Waals surface area contributed by atoms with Gasteiger partial charge in [-0.3, -0.25) is 4.79 Å². The Morgan fingerprint density at radius 2 is 1.86 bits per heavy atom. The minimum Gasteiger partial charge on any atom is -0.493 e. The lowest BCUT2D eigenvalue weighted by molar-refractivity contribution is -0.125. The van der Waals surface area contributed by atoms with Crippen LogP contribution in [0.2, 0.25) is 5.02 Å². The van der Waals surface area contributed by atoms with Crippen LogP contribution in [-0.4, -0.2) is 32.2 Å². The van der Waals surface area contributed by atoms with Gasteiger partial charge in [-0.15, -0.1) is 0 Å². The van der Waals surface area contributed by atoms with E-state index in [1.165, 1.54) is 19.2 Å². The monoisotopic (exact) mass is 419 g/mol. The molecule has 0 heterocycles. The van der Waals surface area contributed by atoms with E-state index in [0.29, 0.717) is 18.1 Å². The van der Waals surface area contributed by atoms with E-state index in [2.05, 4.69) is 5.32 Å². The second-order valence-corrected chi connectivity index (χ2v) is 6.73. The highest BCUT2D eigenvalue weighted by atomic mass is 35.5. The minimum absolute atomic E-state index is 0.132. The van der Waals surface area contributed by atoms with Crippen LogP contribution >= 0.6 is 11.6 Å². The summed E-state index contributed by atoms with van der Waals surface area (Å²) < 4.78 is 15.8. The smallest absolute Gasteiger partial charge is 0.338 e. The summed E-state index contributed by atoms with van der Waals surface area (Å²) in [5, 5.41) is 3.15. The van der Waals surface area contributed by atoms with E-state index in [1.54, 1.807) is 0 Å². The molecule has 0 aliphatic heterocycles. The molecule has 0 saturated carbocycles. The van der Waals surface area contributed by atoms with Crippen molar-refractivity contribution < 1.29 is 23.8 Å². The molecule has 2 rings (SSSR count). The normalized spacial score (nSPS) is 11.4. The third-order valence-corrected chi connectivity index (χ3v) is 4.48. The Balaban J connectivity index is 2.00. The first-order valence-electron chi connectivity index (χ1n) is 9.51. The molecule has 2 aromatic rings. The first-order valence-corrected chi connectivity index (χ1v) is 9.89. The molecule has 7 heteroatoms. The van der Waals surface area contributed by atoms with E-state index in [1.807, 2.05) is 44.2 Å². The lowest BCUT2D eigenvalue weighted by Gasteiger charge is -2.18. The van der Waals surface area contributed by atoms with Crippen LogP contribution in [0.15, 0.2) is 42.5 Å². The molecule has 1 amide bonds. The number of carbonyl (C=O) groups is 2. The van der Waals surface area contributed by atoms with Gasteiger partial charge in [0.05, 0.1) is 30.3 Å². The molecule has 6 nitrogen and oxygen atoms in total. The third kappa shape index (κ3) is 6.39. The molecule has 0 aromatic heterocycles. The number of hydrogen-bond donors (Lipinski definition) is 1. The number of amides is 1. The summed E-state index contributed by atoms with van der Waals surface area (Å²) in [4.78, 5) is 24.7. The first kappa shape index (κ1) is 22.6. The zero-order valence-electron chi connectivity index (χ0n) is 16.9. The molecule has 0 unspecified atom stereocenters. The number of ether oxygens (including phenoxy) is 3. The maximum atomic E-state index is 12.4. The van der Waals surface area contributed by atoms with Crippen molar-refractivity contribution in [2.75, 3.05) is 20.3 Å². The summed E-state index contributed by atoms with van der Waals surface area (Å²) in [6.45, 7) is 3.88. The molecule has 0 radical (unpaired) electrons. The largest absolute Gasteiger partial charge is 0.493 e. The van der Waals surface area contributed by atoms with Crippen LogP contribution in [-0.2, 0) is 9.53 Å². The summed E-state index contributed by atoms with van der Waals surface area (Å²) in [5.41, 5.74) is 1.19. The van der Waals surface area contributed by atoms with Crippen molar-refractivity contribution in [2.45, 2.75) is 32.7 Å². The maximum Gasteiger partial charge on any atom is 0.338 e. The van der Waals surface area contributed by atoms with Crippen LogP contribution in [0.5, 0.6) is 11.5 Å². The predicted octanol–water partition coefficient (Wildman–Crippen LogP) is 4.56. The molecule has 0 saturated heterocycles. The Morgan fingerprint density at radius 3 is 2.48 bits per heavy atom. The molecule has 29 heavy (non-hydrogen) atoms. The van der Waals surface area contributed by atoms with Gasteiger partial charge >= 0.3 is 5.97 Å². The van der Waals surface area contributed by atoms with Gasteiger partial charge < -0.3 is 19.5 Å². The van der Waals surface area contributed by atoms with Gasteiger partial charge in [-0.2, -0.15) is 0 Å². The van der Waals surface area contributed by atoms with Gasteiger partial charge in [0, 0.05) is 0 Å². The number of nitrogens with one attached hydrogen (secondary N) is 1. The van der Waals surface area contributed by atoms with Crippen LogP contribution in [0.4, 0.5) is 0 Å². The molecule has 156 valence electrons. The van der Waals surface area contributed by atoms with Crippen molar-refractivity contribution in [3.63, 3.8) is 0 Å². The summed E-state index contributed by atoms with van der Waals surface area (Å²) >= 11 is 6.18. The van der Waals surface area contributed by atoms with Crippen molar-refractivity contribution in [3.05, 3.63) is 58.6 Å². The van der Waals surface area contributed by atoms with Crippen LogP contribution in [0.3, 0.4) is 0 Å². The van der Waals surface area contributed by atoms with E-state index in [4.69, 9.17) is 25.8 Å². The fourth-order valence-electron chi connectivity index (χ4n) is 2.87. The van der Waals surface area contributed by atoms with Gasteiger partial charge in [-0.05, 0) is 31.0 Å². The fraction of sp³-hybridized carbons (Fsp3) is 0.364. The number of benzene rings is 2. The van der Waals surface area contributed by atoms with Crippen LogP contribution in [0.1, 0.15) is 48.7 Å². The van der Waals surface area contributed by atoms with E-state index < -0.39 is 5.97 Å². The van der Waals surface area contributed by atoms with Crippen LogP contribution in [0, 0.1) is 0 Å². The second-order valence-electron chi connectivity index (χ2n) is 6.32. The summed E-state index contributed by atoms with van der Waals surface area (Å²) in [7, 11) is 1.45. The highest BCUT2D eigenvalue weighted by Crippen LogP contribution is 2.36. The number of hydrogen-bond acceptors (Lipinski definition) is 5. The van der Waals surface area contributed by atoms with Crippen molar-refractivity contribution >= 4 is 23.5 Å². The topological polar surface area (TPSA) is 73.9 Å². The average molecular weight is 420 g/mol. The Bertz CT molecular complexity index is 825. The highest BCUT2D eigenvalue weighted by molar-refractivity contribution is 6.32. The van der Waals surface area contributed by atoms with Gasteiger partial charge in [0.15, 0.2) is 18.1 Å². The molecule has 0 bridgehead atoms. The number of methoxy groups -OCH3 is 1. The molecular formula is C22H26ClNO5. The zero-order valence-corrected chi connectivity index (χ0v) is 17.6.